The van der Waals surface area contributed by atoms with Gasteiger partial charge >= 0.3 is 0 Å². The fourth-order valence-corrected chi connectivity index (χ4v) is 4.19. The molecule has 0 aromatic heterocycles. The normalized spacial score (nSPS) is 11.7. The number of sulfone groups is 1. The first-order valence-corrected chi connectivity index (χ1v) is 11.6. The van der Waals surface area contributed by atoms with Crippen molar-refractivity contribution in [3.63, 3.8) is 0 Å². The lowest BCUT2D eigenvalue weighted by molar-refractivity contribution is 0.596. The summed E-state index contributed by atoms with van der Waals surface area (Å²) >= 11 is 17.4. The summed E-state index contributed by atoms with van der Waals surface area (Å²) in [6.07, 6.45) is 0. The number of amidine groups is 1. The minimum Gasteiger partial charge on any atom is -0.331 e. The van der Waals surface area contributed by atoms with E-state index < -0.39 is 15.7 Å². The highest BCUT2D eigenvalue weighted by atomic mass is 35.5. The highest BCUT2D eigenvalue weighted by Gasteiger charge is 2.15. The van der Waals surface area contributed by atoms with Crippen LogP contribution in [0, 0.1) is 0 Å². The average Bonchev–Trinajstić information content (AvgIpc) is 2.74. The van der Waals surface area contributed by atoms with Gasteiger partial charge in [-0.25, -0.2) is 8.42 Å². The van der Waals surface area contributed by atoms with Crippen molar-refractivity contribution >= 4 is 61.9 Å². The van der Waals surface area contributed by atoms with E-state index in [9.17, 15) is 8.42 Å². The van der Waals surface area contributed by atoms with Crippen LogP contribution in [0.25, 0.3) is 0 Å². The first-order valence-electron chi connectivity index (χ1n) is 8.76. The highest BCUT2D eigenvalue weighted by Crippen LogP contribution is 2.25. The van der Waals surface area contributed by atoms with E-state index in [1.807, 2.05) is 18.2 Å². The summed E-state index contributed by atoms with van der Waals surface area (Å²) in [5.41, 5.74) is 1.25. The van der Waals surface area contributed by atoms with Gasteiger partial charge in [0.15, 0.2) is 14.9 Å². The van der Waals surface area contributed by atoms with Crippen molar-refractivity contribution < 1.29 is 8.42 Å². The Morgan fingerprint density at radius 2 is 1.57 bits per heavy atom. The van der Waals surface area contributed by atoms with Crippen LogP contribution in [-0.2, 0) is 9.84 Å². The first-order chi connectivity index (χ1) is 14.3. The Bertz CT molecular complexity index is 1170. The molecule has 5 nitrogen and oxygen atoms in total. The minimum absolute atomic E-state index is 0.204. The molecule has 0 fully saturated rings. The van der Waals surface area contributed by atoms with Gasteiger partial charge in [0.05, 0.1) is 15.6 Å². The minimum atomic E-state index is -3.60. The van der Waals surface area contributed by atoms with Crippen LogP contribution in [0.5, 0.6) is 0 Å². The molecule has 3 aromatic carbocycles. The lowest BCUT2D eigenvalue weighted by Gasteiger charge is -2.14. The maximum Gasteiger partial charge on any atom is 0.198 e. The van der Waals surface area contributed by atoms with E-state index >= 15 is 0 Å². The average molecular weight is 478 g/mol. The second-order valence-electron chi connectivity index (χ2n) is 6.13. The third-order valence-electron chi connectivity index (χ3n) is 3.95. The number of aliphatic imine (C=N–C) groups is 1. The maximum absolute atomic E-state index is 12.6. The number of nitrogens with one attached hydrogen (secondary N) is 2. The van der Waals surface area contributed by atoms with E-state index in [-0.39, 0.29) is 10.0 Å². The zero-order valence-electron chi connectivity index (χ0n) is 15.5. The molecule has 9 heteroatoms. The summed E-state index contributed by atoms with van der Waals surface area (Å²) in [4.78, 5) is 4.50. The van der Waals surface area contributed by atoms with E-state index in [4.69, 9.17) is 35.4 Å². The predicted octanol–water partition coefficient (Wildman–Crippen LogP) is 5.16. The van der Waals surface area contributed by atoms with Gasteiger partial charge in [-0.1, -0.05) is 71.7 Å². The number of hydrogen-bond acceptors (Lipinski definition) is 4. The van der Waals surface area contributed by atoms with Crippen molar-refractivity contribution in [3.8, 4) is 0 Å². The first kappa shape index (κ1) is 22.2. The zero-order chi connectivity index (χ0) is 21.6. The predicted molar refractivity (Wildman–Crippen MR) is 127 cm³/mol. The SMILES string of the molecule is O=S(=O)(CN=C(NC(=S)Nc1ccc(Cl)cc1Cl)c1ccccc1)c1ccccc1. The Labute approximate surface area is 190 Å². The van der Waals surface area contributed by atoms with Gasteiger partial charge in [-0.3, -0.25) is 4.99 Å². The van der Waals surface area contributed by atoms with Crippen molar-refractivity contribution in [2.45, 2.75) is 4.90 Å². The zero-order valence-corrected chi connectivity index (χ0v) is 18.7. The van der Waals surface area contributed by atoms with Gasteiger partial charge in [-0.2, -0.15) is 0 Å². The van der Waals surface area contributed by atoms with Gasteiger partial charge in [-0.05, 0) is 42.5 Å². The van der Waals surface area contributed by atoms with Crippen molar-refractivity contribution in [1.29, 1.82) is 0 Å². The third-order valence-corrected chi connectivity index (χ3v) is 6.16. The summed E-state index contributed by atoms with van der Waals surface area (Å²) < 4.78 is 25.2. The molecular formula is C21H17Cl2N3O2S2. The van der Waals surface area contributed by atoms with Gasteiger partial charge in [0, 0.05) is 10.6 Å². The summed E-state index contributed by atoms with van der Waals surface area (Å²) in [6, 6.07) is 22.2. The molecule has 0 amide bonds. The van der Waals surface area contributed by atoms with Crippen LogP contribution < -0.4 is 10.6 Å². The van der Waals surface area contributed by atoms with E-state index in [0.29, 0.717) is 27.1 Å². The van der Waals surface area contributed by atoms with Crippen LogP contribution in [-0.4, -0.2) is 25.2 Å². The molecule has 2 N–H and O–H groups in total. The van der Waals surface area contributed by atoms with E-state index in [1.165, 1.54) is 12.1 Å². The van der Waals surface area contributed by atoms with Crippen molar-refractivity contribution in [2.24, 2.45) is 4.99 Å². The number of nitrogens with zero attached hydrogens (tertiary/aromatic N) is 1. The van der Waals surface area contributed by atoms with Gasteiger partial charge in [0.25, 0.3) is 0 Å². The Morgan fingerprint density at radius 3 is 2.20 bits per heavy atom. The van der Waals surface area contributed by atoms with Gasteiger partial charge in [0.1, 0.15) is 11.7 Å². The third kappa shape index (κ3) is 6.03. The number of thiocarbonyl (C=S) groups is 1. The smallest absolute Gasteiger partial charge is 0.198 e. The quantitative estimate of drug-likeness (QED) is 0.301. The molecule has 3 aromatic rings. The van der Waals surface area contributed by atoms with Gasteiger partial charge in [0.2, 0.25) is 0 Å². The number of anilines is 1. The second kappa shape index (κ2) is 10.0. The van der Waals surface area contributed by atoms with E-state index in [2.05, 4.69) is 15.6 Å². The molecule has 0 saturated heterocycles. The molecule has 0 atom stereocenters. The van der Waals surface area contributed by atoms with Crippen LogP contribution in [0.3, 0.4) is 0 Å². The number of rotatable bonds is 5. The lowest BCUT2D eigenvalue weighted by atomic mass is 10.2. The number of benzene rings is 3. The number of halogens is 2. The highest BCUT2D eigenvalue weighted by molar-refractivity contribution is 7.91. The van der Waals surface area contributed by atoms with Crippen LogP contribution >= 0.6 is 35.4 Å². The molecule has 0 aliphatic heterocycles. The van der Waals surface area contributed by atoms with Crippen molar-refractivity contribution in [3.05, 3.63) is 94.5 Å². The Morgan fingerprint density at radius 1 is 0.933 bits per heavy atom. The largest absolute Gasteiger partial charge is 0.331 e. The summed E-state index contributed by atoms with van der Waals surface area (Å²) in [6.45, 7) is 0. The fraction of sp³-hybridized carbons (Fsp3) is 0.0476. The number of hydrogen-bond donors (Lipinski definition) is 2. The molecule has 0 aliphatic rings. The maximum atomic E-state index is 12.6. The van der Waals surface area contributed by atoms with Crippen LogP contribution in [0.4, 0.5) is 5.69 Å². The summed E-state index contributed by atoms with van der Waals surface area (Å²) in [7, 11) is -3.60. The van der Waals surface area contributed by atoms with Gasteiger partial charge in [-0.15, -0.1) is 0 Å². The Balaban J connectivity index is 1.82. The fourth-order valence-electron chi connectivity index (χ4n) is 2.50. The molecule has 0 heterocycles. The van der Waals surface area contributed by atoms with E-state index in [0.717, 1.165) is 0 Å². The molecule has 0 saturated carbocycles. The second-order valence-corrected chi connectivity index (χ2v) is 9.34. The van der Waals surface area contributed by atoms with Crippen LogP contribution in [0.2, 0.25) is 10.0 Å². The lowest BCUT2D eigenvalue weighted by Crippen LogP contribution is -2.35. The standard InChI is InChI=1S/C21H17Cl2N3O2S2/c22-16-11-12-19(18(23)13-16)25-21(29)26-20(15-7-3-1-4-8-15)24-14-30(27,28)17-9-5-2-6-10-17/h1-13H,14H2,(H2,24,25,26,29). The molecule has 0 bridgehead atoms. The Hall–Kier alpha value is -2.45. The monoisotopic (exact) mass is 477 g/mol. The Kier molecular flexibility index (Phi) is 7.44. The molecule has 0 aliphatic carbocycles. The summed E-state index contributed by atoms with van der Waals surface area (Å²) in [5, 5.41) is 7.04. The molecular weight excluding hydrogens is 461 g/mol. The molecule has 0 radical (unpaired) electrons. The molecule has 0 unspecified atom stereocenters. The molecule has 3 rings (SSSR count). The van der Waals surface area contributed by atoms with Crippen LogP contribution in [0.15, 0.2) is 88.8 Å². The van der Waals surface area contributed by atoms with Crippen LogP contribution in [0.1, 0.15) is 5.56 Å². The van der Waals surface area contributed by atoms with E-state index in [1.54, 1.807) is 48.5 Å². The van der Waals surface area contributed by atoms with Gasteiger partial charge < -0.3 is 10.6 Å². The molecule has 154 valence electrons. The van der Waals surface area contributed by atoms with Crippen molar-refractivity contribution in [1.82, 2.24) is 5.32 Å². The molecule has 0 spiro atoms. The molecule has 30 heavy (non-hydrogen) atoms. The summed E-state index contributed by atoms with van der Waals surface area (Å²) in [5.74, 6) is -0.115. The topological polar surface area (TPSA) is 70.6 Å². The van der Waals surface area contributed by atoms with Crippen molar-refractivity contribution in [2.75, 3.05) is 11.2 Å².